The molecule has 7 rings (SSSR count). The van der Waals surface area contributed by atoms with Gasteiger partial charge in [0, 0.05) is 23.3 Å². The maximum atomic E-state index is 11.3. The van der Waals surface area contributed by atoms with Gasteiger partial charge in [0.15, 0.2) is 0 Å². The quantitative estimate of drug-likeness (QED) is 0.186. The van der Waals surface area contributed by atoms with Crippen LogP contribution < -0.4 is 0 Å². The first-order chi connectivity index (χ1) is 21.1. The molecule has 5 aliphatic rings. The van der Waals surface area contributed by atoms with Crippen LogP contribution in [0.4, 0.5) is 0 Å². The van der Waals surface area contributed by atoms with E-state index in [2.05, 4.69) is 126 Å². The van der Waals surface area contributed by atoms with Crippen molar-refractivity contribution < 1.29 is 9.53 Å². The molecule has 0 radical (unpaired) electrons. The van der Waals surface area contributed by atoms with E-state index in [9.17, 15) is 4.79 Å². The number of fused-ring (bicyclic) bond motifs is 3. The lowest BCUT2D eigenvalue weighted by Gasteiger charge is -2.42. The number of hydrogen-bond acceptors (Lipinski definition) is 2. The largest absolute Gasteiger partial charge is 0.463 e. The first-order valence-corrected chi connectivity index (χ1v) is 16.1. The van der Waals surface area contributed by atoms with E-state index in [4.69, 9.17) is 4.74 Å². The van der Waals surface area contributed by atoms with Crippen LogP contribution in [0, 0.1) is 17.3 Å². The number of esters is 1. The van der Waals surface area contributed by atoms with Gasteiger partial charge in [0.1, 0.15) is 0 Å². The first kappa shape index (κ1) is 28.6. The molecular formula is C42H42O2. The summed E-state index contributed by atoms with van der Waals surface area (Å²) in [5.74, 6) is 0.412. The molecule has 5 aliphatic carbocycles. The second-order valence-electron chi connectivity index (χ2n) is 14.4. The Labute approximate surface area is 262 Å². The molecule has 222 valence electrons. The predicted molar refractivity (Wildman–Crippen MR) is 182 cm³/mol. The maximum absolute atomic E-state index is 11.3. The van der Waals surface area contributed by atoms with Gasteiger partial charge in [-0.05, 0) is 97.6 Å². The second-order valence-corrected chi connectivity index (χ2v) is 14.4. The van der Waals surface area contributed by atoms with E-state index in [0.717, 1.165) is 19.3 Å². The standard InChI is InChI=1S/C42H42O2/c1-7-38(43)44-21-9-8-10-26-11-17-33-34-19-15-28(25-37(34)42(5,6)36(33)22-26)32-18-14-27-12-13-29-23-31(41(2,3)4)24-30-16-20-35(32)40(27)39(29)30/h7,11-20,22-25,39-40H,1,8-10,21H2,2-6H3. The molecule has 0 heterocycles. The summed E-state index contributed by atoms with van der Waals surface area (Å²) in [4.78, 5) is 11.3. The second kappa shape index (κ2) is 10.5. The number of hydrogen-bond donors (Lipinski definition) is 0. The Morgan fingerprint density at radius 2 is 1.59 bits per heavy atom. The molecule has 0 aliphatic heterocycles. The van der Waals surface area contributed by atoms with Gasteiger partial charge in [-0.3, -0.25) is 0 Å². The number of carbonyl (C=O) groups excluding carboxylic acids is 1. The fourth-order valence-electron chi connectivity index (χ4n) is 7.76. The summed E-state index contributed by atoms with van der Waals surface area (Å²) in [5.41, 5.74) is 16.7. The third-order valence-corrected chi connectivity index (χ3v) is 10.3. The van der Waals surface area contributed by atoms with Crippen LogP contribution in [0.2, 0.25) is 0 Å². The Bertz CT molecular complexity index is 1820. The zero-order valence-corrected chi connectivity index (χ0v) is 26.7. The lowest BCUT2D eigenvalue weighted by molar-refractivity contribution is -0.137. The molecule has 0 saturated carbocycles. The molecule has 0 N–H and O–H groups in total. The Hall–Kier alpha value is -4.17. The Balaban J connectivity index is 1.18. The molecular weight excluding hydrogens is 536 g/mol. The third-order valence-electron chi connectivity index (χ3n) is 10.3. The van der Waals surface area contributed by atoms with Crippen molar-refractivity contribution in [2.45, 2.75) is 59.3 Å². The SMILES string of the molecule is C=CC(=O)OCCCCc1ccc2c(c1)C(C)(C)c1cc(C3=CC=C4C=CC5=CC(C(C)(C)C)=CC6=CC=C3C4C65)ccc1-2. The molecule has 2 atom stereocenters. The van der Waals surface area contributed by atoms with Gasteiger partial charge in [0.2, 0.25) is 0 Å². The number of aryl methyl sites for hydroxylation is 1. The van der Waals surface area contributed by atoms with E-state index in [0.29, 0.717) is 18.4 Å². The van der Waals surface area contributed by atoms with E-state index >= 15 is 0 Å². The van der Waals surface area contributed by atoms with Crippen LogP contribution >= 0.6 is 0 Å². The van der Waals surface area contributed by atoms with Gasteiger partial charge in [-0.1, -0.05) is 120 Å². The van der Waals surface area contributed by atoms with Crippen molar-refractivity contribution in [1.82, 2.24) is 0 Å². The van der Waals surface area contributed by atoms with E-state index in [1.807, 2.05) is 0 Å². The van der Waals surface area contributed by atoms with Crippen molar-refractivity contribution in [3.63, 3.8) is 0 Å². The van der Waals surface area contributed by atoms with Gasteiger partial charge < -0.3 is 4.74 Å². The Kier molecular flexibility index (Phi) is 6.81. The van der Waals surface area contributed by atoms with Crippen molar-refractivity contribution in [1.29, 1.82) is 0 Å². The molecule has 0 saturated heterocycles. The zero-order chi connectivity index (χ0) is 30.8. The first-order valence-electron chi connectivity index (χ1n) is 16.1. The molecule has 0 amide bonds. The van der Waals surface area contributed by atoms with Gasteiger partial charge >= 0.3 is 5.97 Å². The minimum atomic E-state index is -0.346. The van der Waals surface area contributed by atoms with Crippen molar-refractivity contribution in [3.05, 3.63) is 148 Å². The number of unbranched alkanes of at least 4 members (excludes halogenated alkanes) is 1. The van der Waals surface area contributed by atoms with Crippen molar-refractivity contribution in [2.24, 2.45) is 17.3 Å². The van der Waals surface area contributed by atoms with E-state index < -0.39 is 0 Å². The molecule has 2 aromatic rings. The fourth-order valence-corrected chi connectivity index (χ4v) is 7.76. The third kappa shape index (κ3) is 4.67. The summed E-state index contributed by atoms with van der Waals surface area (Å²) in [6.45, 7) is 15.6. The van der Waals surface area contributed by atoms with Gasteiger partial charge in [-0.15, -0.1) is 0 Å². The van der Waals surface area contributed by atoms with Crippen LogP contribution in [-0.2, 0) is 21.4 Å². The van der Waals surface area contributed by atoms with E-state index in [1.54, 1.807) is 0 Å². The number of allylic oxidation sites excluding steroid dienone is 14. The number of carbonyl (C=O) groups is 1. The molecule has 2 nitrogen and oxygen atoms in total. The normalized spacial score (nSPS) is 21.8. The lowest BCUT2D eigenvalue weighted by Crippen LogP contribution is -2.30. The van der Waals surface area contributed by atoms with Crippen LogP contribution in [0.1, 0.15) is 69.7 Å². The average Bonchev–Trinajstić information content (AvgIpc) is 3.24. The molecule has 0 spiro atoms. The van der Waals surface area contributed by atoms with Crippen LogP contribution in [0.5, 0.6) is 0 Å². The minimum absolute atomic E-state index is 0.0819. The molecule has 2 aromatic carbocycles. The summed E-state index contributed by atoms with van der Waals surface area (Å²) >= 11 is 0. The molecule has 44 heavy (non-hydrogen) atoms. The highest BCUT2D eigenvalue weighted by Crippen LogP contribution is 2.55. The zero-order valence-electron chi connectivity index (χ0n) is 26.7. The fraction of sp³-hybridized carbons (Fsp3) is 0.310. The molecule has 0 fully saturated rings. The van der Waals surface area contributed by atoms with Crippen LogP contribution in [0.3, 0.4) is 0 Å². The highest BCUT2D eigenvalue weighted by atomic mass is 16.5. The molecule has 0 aromatic heterocycles. The van der Waals surface area contributed by atoms with E-state index in [-0.39, 0.29) is 16.8 Å². The van der Waals surface area contributed by atoms with Gasteiger partial charge in [0.05, 0.1) is 6.61 Å². The van der Waals surface area contributed by atoms with Crippen LogP contribution in [0.25, 0.3) is 16.7 Å². The smallest absolute Gasteiger partial charge is 0.330 e. The highest BCUT2D eigenvalue weighted by molar-refractivity contribution is 5.89. The van der Waals surface area contributed by atoms with Crippen molar-refractivity contribution in [3.8, 4) is 11.1 Å². The lowest BCUT2D eigenvalue weighted by atomic mass is 9.61. The Morgan fingerprint density at radius 3 is 2.36 bits per heavy atom. The topological polar surface area (TPSA) is 26.3 Å². The molecule has 2 unspecified atom stereocenters. The molecule has 2 heteroatoms. The minimum Gasteiger partial charge on any atom is -0.463 e. The Morgan fingerprint density at radius 1 is 0.864 bits per heavy atom. The molecule has 0 bridgehead atoms. The van der Waals surface area contributed by atoms with Crippen molar-refractivity contribution in [2.75, 3.05) is 6.61 Å². The summed E-state index contributed by atoms with van der Waals surface area (Å²) in [5, 5.41) is 0. The van der Waals surface area contributed by atoms with Crippen LogP contribution in [-0.4, -0.2) is 12.6 Å². The number of ether oxygens (including phenoxy) is 1. The van der Waals surface area contributed by atoms with Gasteiger partial charge in [0.25, 0.3) is 0 Å². The maximum Gasteiger partial charge on any atom is 0.330 e. The van der Waals surface area contributed by atoms with Crippen LogP contribution in [0.15, 0.2) is 126 Å². The van der Waals surface area contributed by atoms with Gasteiger partial charge in [-0.25, -0.2) is 4.79 Å². The highest BCUT2D eigenvalue weighted by Gasteiger charge is 2.41. The number of rotatable bonds is 7. The predicted octanol–water partition coefficient (Wildman–Crippen LogP) is 9.95. The summed E-state index contributed by atoms with van der Waals surface area (Å²) < 4.78 is 5.15. The summed E-state index contributed by atoms with van der Waals surface area (Å²) in [6.07, 6.45) is 23.1. The van der Waals surface area contributed by atoms with Crippen molar-refractivity contribution >= 4 is 11.5 Å². The number of benzene rings is 2. The monoisotopic (exact) mass is 578 g/mol. The summed E-state index contributed by atoms with van der Waals surface area (Å²) in [7, 11) is 0. The van der Waals surface area contributed by atoms with E-state index in [1.165, 1.54) is 72.9 Å². The van der Waals surface area contributed by atoms with Gasteiger partial charge in [-0.2, -0.15) is 0 Å². The average molecular weight is 579 g/mol. The summed E-state index contributed by atoms with van der Waals surface area (Å²) in [6, 6.07) is 14.1.